The SMILES string of the molecule is CCOc1cccc2c1OCC(C(=O)Nc1n[nH]c(C3CC3)c1C)C2. The van der Waals surface area contributed by atoms with Gasteiger partial charge in [-0.15, -0.1) is 0 Å². The third kappa shape index (κ3) is 3.08. The maximum Gasteiger partial charge on any atom is 0.232 e. The number of aromatic amines is 1. The summed E-state index contributed by atoms with van der Waals surface area (Å²) >= 11 is 0. The Kier molecular flexibility index (Phi) is 4.11. The number of para-hydroxylation sites is 1. The molecule has 1 unspecified atom stereocenters. The summed E-state index contributed by atoms with van der Waals surface area (Å²) < 4.78 is 11.5. The van der Waals surface area contributed by atoms with Gasteiger partial charge in [0.2, 0.25) is 5.91 Å². The molecule has 4 rings (SSSR count). The second kappa shape index (κ2) is 6.43. The lowest BCUT2D eigenvalue weighted by Gasteiger charge is -2.26. The van der Waals surface area contributed by atoms with Crippen LogP contribution in [0.4, 0.5) is 5.82 Å². The number of carbonyl (C=O) groups is 1. The number of hydrogen-bond acceptors (Lipinski definition) is 4. The van der Waals surface area contributed by atoms with Crippen molar-refractivity contribution >= 4 is 11.7 Å². The van der Waals surface area contributed by atoms with Crippen molar-refractivity contribution < 1.29 is 14.3 Å². The quantitative estimate of drug-likeness (QED) is 0.876. The first-order valence-electron chi connectivity index (χ1n) is 8.90. The van der Waals surface area contributed by atoms with Gasteiger partial charge in [-0.1, -0.05) is 12.1 Å². The van der Waals surface area contributed by atoms with Crippen LogP contribution < -0.4 is 14.8 Å². The van der Waals surface area contributed by atoms with Gasteiger partial charge >= 0.3 is 0 Å². The minimum atomic E-state index is -0.232. The molecule has 2 N–H and O–H groups in total. The van der Waals surface area contributed by atoms with Crippen molar-refractivity contribution in [1.82, 2.24) is 10.2 Å². The molecule has 132 valence electrons. The Morgan fingerprint density at radius 2 is 2.28 bits per heavy atom. The first kappa shape index (κ1) is 16.0. The smallest absolute Gasteiger partial charge is 0.232 e. The van der Waals surface area contributed by atoms with Crippen molar-refractivity contribution in [3.05, 3.63) is 35.0 Å². The van der Waals surface area contributed by atoms with Crippen LogP contribution in [-0.4, -0.2) is 29.3 Å². The molecule has 1 aliphatic heterocycles. The van der Waals surface area contributed by atoms with Gasteiger partial charge in [0, 0.05) is 17.2 Å². The minimum Gasteiger partial charge on any atom is -0.490 e. The molecule has 0 radical (unpaired) electrons. The number of anilines is 1. The maximum absolute atomic E-state index is 12.7. The molecular formula is C19H23N3O3. The van der Waals surface area contributed by atoms with Gasteiger partial charge in [-0.2, -0.15) is 5.10 Å². The van der Waals surface area contributed by atoms with E-state index in [2.05, 4.69) is 15.5 Å². The molecule has 2 aliphatic rings. The highest BCUT2D eigenvalue weighted by Gasteiger charge is 2.31. The van der Waals surface area contributed by atoms with E-state index in [1.54, 1.807) is 0 Å². The summed E-state index contributed by atoms with van der Waals surface area (Å²) in [5.41, 5.74) is 3.21. The molecule has 1 aromatic heterocycles. The van der Waals surface area contributed by atoms with Gasteiger partial charge in [0.05, 0.1) is 12.5 Å². The van der Waals surface area contributed by atoms with Gasteiger partial charge in [-0.3, -0.25) is 9.89 Å². The molecule has 6 heteroatoms. The number of rotatable bonds is 5. The Balaban J connectivity index is 1.46. The molecule has 1 atom stereocenters. The highest BCUT2D eigenvalue weighted by Crippen LogP contribution is 2.42. The Bertz CT molecular complexity index is 795. The fraction of sp³-hybridized carbons (Fsp3) is 0.474. The van der Waals surface area contributed by atoms with Crippen LogP contribution in [-0.2, 0) is 11.2 Å². The molecule has 25 heavy (non-hydrogen) atoms. The monoisotopic (exact) mass is 341 g/mol. The molecule has 1 fully saturated rings. The summed E-state index contributed by atoms with van der Waals surface area (Å²) in [5.74, 6) is 2.45. The minimum absolute atomic E-state index is 0.0515. The van der Waals surface area contributed by atoms with Crippen LogP contribution in [0, 0.1) is 12.8 Å². The normalized spacial score (nSPS) is 19.0. The van der Waals surface area contributed by atoms with E-state index in [1.165, 1.54) is 12.8 Å². The van der Waals surface area contributed by atoms with Crippen LogP contribution in [0.1, 0.15) is 42.5 Å². The molecule has 1 amide bonds. The number of fused-ring (bicyclic) bond motifs is 1. The van der Waals surface area contributed by atoms with E-state index in [1.807, 2.05) is 32.0 Å². The molecule has 2 heterocycles. The van der Waals surface area contributed by atoms with Gasteiger partial charge in [0.15, 0.2) is 17.3 Å². The number of benzene rings is 1. The van der Waals surface area contributed by atoms with E-state index in [9.17, 15) is 4.79 Å². The van der Waals surface area contributed by atoms with Crippen LogP contribution in [0.5, 0.6) is 11.5 Å². The lowest BCUT2D eigenvalue weighted by atomic mass is 9.95. The van der Waals surface area contributed by atoms with E-state index in [-0.39, 0.29) is 11.8 Å². The summed E-state index contributed by atoms with van der Waals surface area (Å²) in [6, 6.07) is 5.82. The standard InChI is InChI=1S/C19H23N3O3/c1-3-24-15-6-4-5-13-9-14(10-25-17(13)15)19(23)20-18-11(2)16(21-22-18)12-7-8-12/h4-6,12,14H,3,7-10H2,1-2H3,(H2,20,21,22,23). The molecule has 1 aromatic carbocycles. The van der Waals surface area contributed by atoms with E-state index in [4.69, 9.17) is 9.47 Å². The zero-order valence-corrected chi connectivity index (χ0v) is 14.6. The lowest BCUT2D eigenvalue weighted by Crippen LogP contribution is -2.33. The zero-order valence-electron chi connectivity index (χ0n) is 14.6. The number of hydrogen-bond donors (Lipinski definition) is 2. The molecule has 1 saturated carbocycles. The molecular weight excluding hydrogens is 318 g/mol. The Hall–Kier alpha value is -2.50. The third-order valence-electron chi connectivity index (χ3n) is 4.90. The maximum atomic E-state index is 12.7. The van der Waals surface area contributed by atoms with Crippen LogP contribution in [0.2, 0.25) is 0 Å². The van der Waals surface area contributed by atoms with Crippen molar-refractivity contribution in [3.63, 3.8) is 0 Å². The molecule has 2 aromatic rings. The highest BCUT2D eigenvalue weighted by molar-refractivity contribution is 5.93. The predicted octanol–water partition coefficient (Wildman–Crippen LogP) is 3.18. The highest BCUT2D eigenvalue weighted by atomic mass is 16.5. The Morgan fingerprint density at radius 1 is 1.44 bits per heavy atom. The topological polar surface area (TPSA) is 76.2 Å². The van der Waals surface area contributed by atoms with Crippen molar-refractivity contribution in [2.75, 3.05) is 18.5 Å². The molecule has 6 nitrogen and oxygen atoms in total. The average molecular weight is 341 g/mol. The third-order valence-corrected chi connectivity index (χ3v) is 4.90. The largest absolute Gasteiger partial charge is 0.490 e. The summed E-state index contributed by atoms with van der Waals surface area (Å²) in [6.07, 6.45) is 3.04. The van der Waals surface area contributed by atoms with Crippen molar-refractivity contribution in [2.24, 2.45) is 5.92 Å². The van der Waals surface area contributed by atoms with Gasteiger partial charge in [0.1, 0.15) is 6.61 Å². The molecule has 0 saturated heterocycles. The van der Waals surface area contributed by atoms with Crippen LogP contribution in [0.15, 0.2) is 18.2 Å². The van der Waals surface area contributed by atoms with Crippen LogP contribution >= 0.6 is 0 Å². The fourth-order valence-electron chi connectivity index (χ4n) is 3.35. The molecule has 1 aliphatic carbocycles. The molecule has 0 bridgehead atoms. The van der Waals surface area contributed by atoms with Crippen molar-refractivity contribution in [1.29, 1.82) is 0 Å². The van der Waals surface area contributed by atoms with E-state index in [0.717, 1.165) is 28.3 Å². The van der Waals surface area contributed by atoms with Crippen molar-refractivity contribution in [2.45, 2.75) is 39.0 Å². The van der Waals surface area contributed by atoms with E-state index < -0.39 is 0 Å². The van der Waals surface area contributed by atoms with Crippen LogP contribution in [0.25, 0.3) is 0 Å². The van der Waals surface area contributed by atoms with Gasteiger partial charge < -0.3 is 14.8 Å². The number of carbonyl (C=O) groups excluding carboxylic acids is 1. The molecule has 0 spiro atoms. The second-order valence-electron chi connectivity index (χ2n) is 6.76. The second-order valence-corrected chi connectivity index (χ2v) is 6.76. The number of nitrogens with one attached hydrogen (secondary N) is 2. The zero-order chi connectivity index (χ0) is 17.4. The number of aromatic nitrogens is 2. The van der Waals surface area contributed by atoms with Crippen LogP contribution in [0.3, 0.4) is 0 Å². The van der Waals surface area contributed by atoms with Gasteiger partial charge in [-0.25, -0.2) is 0 Å². The van der Waals surface area contributed by atoms with Gasteiger partial charge in [-0.05, 0) is 44.7 Å². The fourth-order valence-corrected chi connectivity index (χ4v) is 3.35. The first-order valence-corrected chi connectivity index (χ1v) is 8.90. The summed E-state index contributed by atoms with van der Waals surface area (Å²) in [6.45, 7) is 4.89. The lowest BCUT2D eigenvalue weighted by molar-refractivity contribution is -0.121. The number of H-pyrrole nitrogens is 1. The first-order chi connectivity index (χ1) is 12.2. The summed E-state index contributed by atoms with van der Waals surface area (Å²) in [7, 11) is 0. The Morgan fingerprint density at radius 3 is 3.04 bits per heavy atom. The number of nitrogens with zero attached hydrogens (tertiary/aromatic N) is 1. The number of ether oxygens (including phenoxy) is 2. The average Bonchev–Trinajstić information content (AvgIpc) is 3.40. The number of amides is 1. The van der Waals surface area contributed by atoms with Gasteiger partial charge in [0.25, 0.3) is 0 Å². The summed E-state index contributed by atoms with van der Waals surface area (Å²) in [5, 5.41) is 10.3. The Labute approximate surface area is 146 Å². The predicted molar refractivity (Wildman–Crippen MR) is 94.2 cm³/mol. The van der Waals surface area contributed by atoms with E-state index in [0.29, 0.717) is 31.4 Å². The van der Waals surface area contributed by atoms with E-state index >= 15 is 0 Å². The van der Waals surface area contributed by atoms with Crippen molar-refractivity contribution in [3.8, 4) is 11.5 Å². The summed E-state index contributed by atoms with van der Waals surface area (Å²) in [4.78, 5) is 12.7.